The van der Waals surface area contributed by atoms with Gasteiger partial charge in [-0.3, -0.25) is 4.79 Å². The molecule has 5 nitrogen and oxygen atoms in total. The summed E-state index contributed by atoms with van der Waals surface area (Å²) in [5, 5.41) is 6.48. The molecule has 1 amide bonds. The van der Waals surface area contributed by atoms with Gasteiger partial charge >= 0.3 is 0 Å². The number of piperidine rings is 1. The second-order valence-electron chi connectivity index (χ2n) is 6.38. The maximum atomic E-state index is 12.6. The molecule has 116 valence electrons. The van der Waals surface area contributed by atoms with Crippen molar-refractivity contribution in [3.63, 3.8) is 0 Å². The lowest BCUT2D eigenvalue weighted by atomic mass is 9.86. The number of carbonyl (C=O) groups is 1. The lowest BCUT2D eigenvalue weighted by molar-refractivity contribution is -0.133. The van der Waals surface area contributed by atoms with Crippen molar-refractivity contribution in [2.45, 2.75) is 38.6 Å². The SMILES string of the molecule is COCC1(C(=O)NC(C)CN2CCCCC2)CCNC1. The van der Waals surface area contributed by atoms with E-state index < -0.39 is 0 Å². The van der Waals surface area contributed by atoms with Crippen LogP contribution in [0.2, 0.25) is 0 Å². The van der Waals surface area contributed by atoms with Crippen LogP contribution >= 0.6 is 0 Å². The van der Waals surface area contributed by atoms with E-state index in [1.807, 2.05) is 0 Å². The molecule has 20 heavy (non-hydrogen) atoms. The van der Waals surface area contributed by atoms with Gasteiger partial charge in [-0.25, -0.2) is 0 Å². The fourth-order valence-corrected chi connectivity index (χ4v) is 3.35. The van der Waals surface area contributed by atoms with E-state index in [0.29, 0.717) is 6.61 Å². The Morgan fingerprint density at radius 3 is 2.75 bits per heavy atom. The van der Waals surface area contributed by atoms with E-state index in [-0.39, 0.29) is 17.4 Å². The van der Waals surface area contributed by atoms with Gasteiger partial charge in [0.05, 0.1) is 12.0 Å². The van der Waals surface area contributed by atoms with Crippen LogP contribution in [0.4, 0.5) is 0 Å². The van der Waals surface area contributed by atoms with Gasteiger partial charge < -0.3 is 20.3 Å². The highest BCUT2D eigenvalue weighted by molar-refractivity contribution is 5.83. The summed E-state index contributed by atoms with van der Waals surface area (Å²) in [6, 6.07) is 0.204. The molecule has 0 saturated carbocycles. The Morgan fingerprint density at radius 1 is 1.40 bits per heavy atom. The van der Waals surface area contributed by atoms with Crippen LogP contribution in [-0.2, 0) is 9.53 Å². The first kappa shape index (κ1) is 15.7. The van der Waals surface area contributed by atoms with Crippen LogP contribution in [0, 0.1) is 5.41 Å². The number of carbonyl (C=O) groups excluding carboxylic acids is 1. The lowest BCUT2D eigenvalue weighted by Crippen LogP contribution is -2.51. The van der Waals surface area contributed by atoms with E-state index in [1.165, 1.54) is 32.4 Å². The van der Waals surface area contributed by atoms with E-state index >= 15 is 0 Å². The Labute approximate surface area is 122 Å². The standard InChI is InChI=1S/C15H29N3O2/c1-13(10-18-8-4-3-5-9-18)17-14(19)15(12-20-2)6-7-16-11-15/h13,16H,3-12H2,1-2H3,(H,17,19). The number of nitrogens with one attached hydrogen (secondary N) is 2. The lowest BCUT2D eigenvalue weighted by Gasteiger charge is -2.32. The summed E-state index contributed by atoms with van der Waals surface area (Å²) in [6.07, 6.45) is 4.79. The van der Waals surface area contributed by atoms with Crippen LogP contribution in [0.1, 0.15) is 32.6 Å². The Balaban J connectivity index is 1.82. The Kier molecular flexibility index (Phi) is 5.81. The summed E-state index contributed by atoms with van der Waals surface area (Å²) in [5.41, 5.74) is -0.370. The van der Waals surface area contributed by atoms with Gasteiger partial charge in [0.15, 0.2) is 0 Å². The Bertz CT molecular complexity index is 310. The molecular formula is C15H29N3O2. The zero-order valence-corrected chi connectivity index (χ0v) is 12.9. The smallest absolute Gasteiger partial charge is 0.230 e. The molecule has 2 aliphatic heterocycles. The molecule has 5 heteroatoms. The number of methoxy groups -OCH3 is 1. The van der Waals surface area contributed by atoms with Crippen molar-refractivity contribution >= 4 is 5.91 Å². The average Bonchev–Trinajstić information content (AvgIpc) is 2.90. The molecule has 0 bridgehead atoms. The molecule has 2 aliphatic rings. The monoisotopic (exact) mass is 283 g/mol. The molecule has 0 aliphatic carbocycles. The molecule has 2 rings (SSSR count). The van der Waals surface area contributed by atoms with Crippen molar-refractivity contribution in [2.24, 2.45) is 5.41 Å². The number of rotatable bonds is 6. The summed E-state index contributed by atoms with van der Waals surface area (Å²) in [6.45, 7) is 7.54. The molecule has 2 fully saturated rings. The zero-order valence-electron chi connectivity index (χ0n) is 12.9. The summed E-state index contributed by atoms with van der Waals surface area (Å²) in [7, 11) is 1.67. The maximum absolute atomic E-state index is 12.6. The molecule has 0 spiro atoms. The quantitative estimate of drug-likeness (QED) is 0.750. The van der Waals surface area contributed by atoms with E-state index in [9.17, 15) is 4.79 Å². The third-order valence-corrected chi connectivity index (χ3v) is 4.50. The second kappa shape index (κ2) is 7.38. The van der Waals surface area contributed by atoms with Crippen molar-refractivity contribution < 1.29 is 9.53 Å². The van der Waals surface area contributed by atoms with Crippen molar-refractivity contribution in [1.82, 2.24) is 15.5 Å². The maximum Gasteiger partial charge on any atom is 0.230 e. The minimum absolute atomic E-state index is 0.147. The van der Waals surface area contributed by atoms with Gasteiger partial charge in [-0.1, -0.05) is 6.42 Å². The molecule has 2 heterocycles. The first-order valence-corrected chi connectivity index (χ1v) is 7.89. The zero-order chi connectivity index (χ0) is 14.4. The number of likely N-dealkylation sites (tertiary alicyclic amines) is 1. The third kappa shape index (κ3) is 3.93. The molecule has 2 N–H and O–H groups in total. The second-order valence-corrected chi connectivity index (χ2v) is 6.38. The highest BCUT2D eigenvalue weighted by atomic mass is 16.5. The first-order chi connectivity index (χ1) is 9.66. The highest BCUT2D eigenvalue weighted by Crippen LogP contribution is 2.26. The molecule has 2 atom stereocenters. The fourth-order valence-electron chi connectivity index (χ4n) is 3.35. The van der Waals surface area contributed by atoms with Gasteiger partial charge in [0, 0.05) is 26.2 Å². The molecule has 2 saturated heterocycles. The van der Waals surface area contributed by atoms with Crippen LogP contribution in [0.25, 0.3) is 0 Å². The van der Waals surface area contributed by atoms with Gasteiger partial charge in [0.1, 0.15) is 0 Å². The minimum Gasteiger partial charge on any atom is -0.384 e. The van der Waals surface area contributed by atoms with Crippen molar-refractivity contribution in [1.29, 1.82) is 0 Å². The normalized spacial score (nSPS) is 29.3. The van der Waals surface area contributed by atoms with E-state index in [1.54, 1.807) is 7.11 Å². The molecule has 0 aromatic heterocycles. The van der Waals surface area contributed by atoms with Crippen molar-refractivity contribution in [2.75, 3.05) is 46.4 Å². The van der Waals surface area contributed by atoms with Crippen LogP contribution < -0.4 is 10.6 Å². The molecule has 0 aromatic carbocycles. The Morgan fingerprint density at radius 2 is 2.15 bits per heavy atom. The summed E-state index contributed by atoms with van der Waals surface area (Å²) in [5.74, 6) is 0.147. The predicted molar refractivity (Wildman–Crippen MR) is 79.7 cm³/mol. The van der Waals surface area contributed by atoms with Crippen molar-refractivity contribution in [3.05, 3.63) is 0 Å². The molecular weight excluding hydrogens is 254 g/mol. The van der Waals surface area contributed by atoms with Crippen molar-refractivity contribution in [3.8, 4) is 0 Å². The summed E-state index contributed by atoms with van der Waals surface area (Å²) in [4.78, 5) is 15.0. The largest absolute Gasteiger partial charge is 0.384 e. The van der Waals surface area contributed by atoms with Gasteiger partial charge in [0.2, 0.25) is 5.91 Å². The molecule has 0 radical (unpaired) electrons. The van der Waals surface area contributed by atoms with Crippen LogP contribution in [0.15, 0.2) is 0 Å². The Hall–Kier alpha value is -0.650. The van der Waals surface area contributed by atoms with E-state index in [2.05, 4.69) is 22.5 Å². The molecule has 0 aromatic rings. The molecule has 2 unspecified atom stereocenters. The van der Waals surface area contributed by atoms with Crippen LogP contribution in [0.3, 0.4) is 0 Å². The summed E-state index contributed by atoms with van der Waals surface area (Å²) < 4.78 is 5.27. The van der Waals surface area contributed by atoms with E-state index in [0.717, 1.165) is 26.1 Å². The van der Waals surface area contributed by atoms with Gasteiger partial charge in [-0.15, -0.1) is 0 Å². The third-order valence-electron chi connectivity index (χ3n) is 4.50. The minimum atomic E-state index is -0.370. The number of hydrogen-bond acceptors (Lipinski definition) is 4. The summed E-state index contributed by atoms with van der Waals surface area (Å²) >= 11 is 0. The van der Waals surface area contributed by atoms with Crippen LogP contribution in [-0.4, -0.2) is 63.3 Å². The average molecular weight is 283 g/mol. The van der Waals surface area contributed by atoms with Gasteiger partial charge in [-0.2, -0.15) is 0 Å². The van der Waals surface area contributed by atoms with E-state index in [4.69, 9.17) is 4.74 Å². The van der Waals surface area contributed by atoms with Gasteiger partial charge in [-0.05, 0) is 45.8 Å². The topological polar surface area (TPSA) is 53.6 Å². The highest BCUT2D eigenvalue weighted by Gasteiger charge is 2.41. The number of amides is 1. The number of hydrogen-bond donors (Lipinski definition) is 2. The first-order valence-electron chi connectivity index (χ1n) is 7.89. The predicted octanol–water partition coefficient (Wildman–Crippen LogP) is 0.603. The van der Waals surface area contributed by atoms with Crippen LogP contribution in [0.5, 0.6) is 0 Å². The number of ether oxygens (including phenoxy) is 1. The number of nitrogens with zero attached hydrogens (tertiary/aromatic N) is 1. The fraction of sp³-hybridized carbons (Fsp3) is 0.933. The van der Waals surface area contributed by atoms with Gasteiger partial charge in [0.25, 0.3) is 0 Å².